The van der Waals surface area contributed by atoms with E-state index in [-0.39, 0.29) is 12.4 Å². The Bertz CT molecular complexity index is 399. The highest BCUT2D eigenvalue weighted by molar-refractivity contribution is 8.76. The van der Waals surface area contributed by atoms with Crippen molar-refractivity contribution in [2.24, 2.45) is 5.92 Å². The second kappa shape index (κ2) is 7.99. The van der Waals surface area contributed by atoms with Crippen LogP contribution in [0.3, 0.4) is 0 Å². The van der Waals surface area contributed by atoms with Gasteiger partial charge >= 0.3 is 5.97 Å². The molecule has 1 aromatic heterocycles. The molecule has 1 atom stereocenters. The molecule has 0 bridgehead atoms. The second-order valence-electron chi connectivity index (χ2n) is 3.16. The highest BCUT2D eigenvalue weighted by Crippen LogP contribution is 2.30. The molecule has 0 aromatic carbocycles. The van der Waals surface area contributed by atoms with Crippen molar-refractivity contribution in [2.45, 2.75) is 11.9 Å². The van der Waals surface area contributed by atoms with E-state index in [1.165, 1.54) is 21.6 Å². The van der Waals surface area contributed by atoms with Gasteiger partial charge in [0.1, 0.15) is 10.9 Å². The Morgan fingerprint density at radius 3 is 2.83 bits per heavy atom. The molecular formula is C11H12NO4S2-. The highest BCUT2D eigenvalue weighted by atomic mass is 33.1. The Hall–Kier alpha value is -1.21. The van der Waals surface area contributed by atoms with Crippen LogP contribution in [0.2, 0.25) is 0 Å². The number of aliphatic carboxylic acids is 1. The van der Waals surface area contributed by atoms with E-state index < -0.39 is 17.9 Å². The monoisotopic (exact) mass is 286 g/mol. The van der Waals surface area contributed by atoms with Crippen molar-refractivity contribution in [1.82, 2.24) is 4.98 Å². The van der Waals surface area contributed by atoms with Gasteiger partial charge in [-0.1, -0.05) is 16.9 Å². The van der Waals surface area contributed by atoms with Crippen molar-refractivity contribution in [3.8, 4) is 0 Å². The summed E-state index contributed by atoms with van der Waals surface area (Å²) >= 11 is 0. The number of rotatable bonds is 7. The number of esters is 1. The normalized spacial score (nSPS) is 11.8. The van der Waals surface area contributed by atoms with Crippen molar-refractivity contribution in [3.63, 3.8) is 0 Å². The van der Waals surface area contributed by atoms with Gasteiger partial charge in [0, 0.05) is 11.9 Å². The minimum Gasteiger partial charge on any atom is -0.549 e. The predicted octanol–water partition coefficient (Wildman–Crippen LogP) is 0.751. The fourth-order valence-corrected chi connectivity index (χ4v) is 3.14. The number of pyridine rings is 1. The average Bonchev–Trinajstić information content (AvgIpc) is 2.35. The van der Waals surface area contributed by atoms with Crippen molar-refractivity contribution in [1.29, 1.82) is 0 Å². The van der Waals surface area contributed by atoms with Gasteiger partial charge in [0.2, 0.25) is 0 Å². The van der Waals surface area contributed by atoms with Gasteiger partial charge in [0.05, 0.1) is 12.6 Å². The van der Waals surface area contributed by atoms with Crippen molar-refractivity contribution in [2.75, 3.05) is 12.4 Å². The number of ether oxygens (including phenoxy) is 1. The third-order valence-corrected chi connectivity index (χ3v) is 4.15. The van der Waals surface area contributed by atoms with Crippen LogP contribution >= 0.6 is 21.6 Å². The first kappa shape index (κ1) is 14.8. The van der Waals surface area contributed by atoms with Crippen LogP contribution in [0.15, 0.2) is 29.4 Å². The van der Waals surface area contributed by atoms with Gasteiger partial charge < -0.3 is 14.6 Å². The zero-order valence-corrected chi connectivity index (χ0v) is 11.3. The highest BCUT2D eigenvalue weighted by Gasteiger charge is 2.21. The van der Waals surface area contributed by atoms with Crippen LogP contribution in [0, 0.1) is 5.92 Å². The maximum absolute atomic E-state index is 11.3. The van der Waals surface area contributed by atoms with Crippen molar-refractivity contribution < 1.29 is 19.4 Å². The molecular weight excluding hydrogens is 274 g/mol. The molecule has 0 N–H and O–H groups in total. The quantitative estimate of drug-likeness (QED) is 0.416. The third-order valence-electron chi connectivity index (χ3n) is 1.87. The SMILES string of the molecule is CCOC(=O)C(CSSc1ccccn1)C(=O)[O-]. The molecule has 0 aliphatic heterocycles. The Kier molecular flexibility index (Phi) is 6.59. The minimum absolute atomic E-state index is 0.0857. The lowest BCUT2D eigenvalue weighted by Crippen LogP contribution is -2.38. The van der Waals surface area contributed by atoms with Gasteiger partial charge in [-0.15, -0.1) is 0 Å². The molecule has 0 saturated carbocycles. The maximum atomic E-state index is 11.3. The molecule has 0 radical (unpaired) electrons. The molecule has 0 aliphatic carbocycles. The molecule has 0 fully saturated rings. The lowest BCUT2D eigenvalue weighted by Gasteiger charge is -2.15. The van der Waals surface area contributed by atoms with Crippen LogP contribution in [0.5, 0.6) is 0 Å². The van der Waals surface area contributed by atoms with E-state index in [1.807, 2.05) is 6.07 Å². The van der Waals surface area contributed by atoms with E-state index in [0.29, 0.717) is 0 Å². The van der Waals surface area contributed by atoms with Crippen LogP contribution in [0.4, 0.5) is 0 Å². The number of carboxylic acid groups (broad SMARTS) is 1. The summed E-state index contributed by atoms with van der Waals surface area (Å²) < 4.78 is 4.67. The molecule has 1 unspecified atom stereocenters. The van der Waals surface area contributed by atoms with E-state index in [4.69, 9.17) is 0 Å². The predicted molar refractivity (Wildman–Crippen MR) is 67.7 cm³/mol. The summed E-state index contributed by atoms with van der Waals surface area (Å²) in [6.45, 7) is 1.78. The zero-order valence-electron chi connectivity index (χ0n) is 9.70. The van der Waals surface area contributed by atoms with E-state index in [1.54, 1.807) is 25.3 Å². The molecule has 1 aromatic rings. The van der Waals surface area contributed by atoms with Gasteiger partial charge in [-0.2, -0.15) is 0 Å². The van der Waals surface area contributed by atoms with E-state index in [2.05, 4.69) is 9.72 Å². The van der Waals surface area contributed by atoms with Crippen molar-refractivity contribution >= 4 is 33.5 Å². The summed E-state index contributed by atoms with van der Waals surface area (Å²) in [5.74, 6) is -3.33. The number of hydrogen-bond donors (Lipinski definition) is 0. The summed E-state index contributed by atoms with van der Waals surface area (Å²) in [5, 5.41) is 11.6. The van der Waals surface area contributed by atoms with E-state index in [9.17, 15) is 14.7 Å². The van der Waals surface area contributed by atoms with Crippen LogP contribution in [0.1, 0.15) is 6.92 Å². The molecule has 1 rings (SSSR count). The molecule has 5 nitrogen and oxygen atoms in total. The molecule has 18 heavy (non-hydrogen) atoms. The van der Waals surface area contributed by atoms with E-state index >= 15 is 0 Å². The number of nitrogens with zero attached hydrogens (tertiary/aromatic N) is 1. The number of hydrogen-bond acceptors (Lipinski definition) is 7. The molecule has 98 valence electrons. The van der Waals surface area contributed by atoms with Crippen LogP contribution < -0.4 is 5.11 Å². The van der Waals surface area contributed by atoms with Crippen molar-refractivity contribution in [3.05, 3.63) is 24.4 Å². The topological polar surface area (TPSA) is 79.3 Å². The average molecular weight is 286 g/mol. The van der Waals surface area contributed by atoms with Gasteiger partial charge in [-0.05, 0) is 29.9 Å². The smallest absolute Gasteiger partial charge is 0.315 e. The second-order valence-corrected chi connectivity index (χ2v) is 5.52. The molecule has 0 saturated heterocycles. The molecule has 0 spiro atoms. The Labute approximate surface area is 113 Å². The third kappa shape index (κ3) is 4.97. The van der Waals surface area contributed by atoms with Gasteiger partial charge in [-0.25, -0.2) is 4.98 Å². The Balaban J connectivity index is 2.43. The summed E-state index contributed by atoms with van der Waals surface area (Å²) in [4.78, 5) is 26.2. The van der Waals surface area contributed by atoms with Crippen LogP contribution in [-0.4, -0.2) is 29.3 Å². The first-order valence-electron chi connectivity index (χ1n) is 5.23. The number of carbonyl (C=O) groups is 2. The molecule has 7 heteroatoms. The summed E-state index contributed by atoms with van der Waals surface area (Å²) in [5.41, 5.74) is 0. The van der Waals surface area contributed by atoms with Crippen LogP contribution in [-0.2, 0) is 14.3 Å². The summed E-state index contributed by atoms with van der Waals surface area (Å²) in [7, 11) is 2.54. The van der Waals surface area contributed by atoms with Crippen LogP contribution in [0.25, 0.3) is 0 Å². The molecule has 1 heterocycles. The standard InChI is InChI=1S/C11H13NO4S2/c1-2-16-11(15)8(10(13)14)7-17-18-9-5-3-4-6-12-9/h3-6,8H,2,7H2,1H3,(H,13,14)/p-1. The Morgan fingerprint density at radius 2 is 2.28 bits per heavy atom. The van der Waals surface area contributed by atoms with E-state index in [0.717, 1.165) is 5.03 Å². The number of aromatic nitrogens is 1. The largest absolute Gasteiger partial charge is 0.549 e. The van der Waals surface area contributed by atoms with Gasteiger partial charge in [0.25, 0.3) is 0 Å². The molecule has 0 amide bonds. The lowest BCUT2D eigenvalue weighted by atomic mass is 10.2. The first-order valence-corrected chi connectivity index (χ1v) is 7.55. The first-order chi connectivity index (χ1) is 8.65. The summed E-state index contributed by atoms with van der Waals surface area (Å²) in [6, 6.07) is 5.42. The fraction of sp³-hybridized carbons (Fsp3) is 0.364. The zero-order chi connectivity index (χ0) is 13.4. The molecule has 0 aliphatic rings. The Morgan fingerprint density at radius 1 is 1.50 bits per heavy atom. The van der Waals surface area contributed by atoms with Gasteiger partial charge in [0.15, 0.2) is 0 Å². The lowest BCUT2D eigenvalue weighted by molar-refractivity contribution is -0.309. The maximum Gasteiger partial charge on any atom is 0.315 e. The van der Waals surface area contributed by atoms with Gasteiger partial charge in [-0.3, -0.25) is 4.79 Å². The minimum atomic E-state index is -1.41. The fourth-order valence-electron chi connectivity index (χ4n) is 1.03. The number of carbonyl (C=O) groups excluding carboxylic acids is 2. The number of carboxylic acids is 1. The summed E-state index contributed by atoms with van der Waals surface area (Å²) in [6.07, 6.45) is 1.64.